The summed E-state index contributed by atoms with van der Waals surface area (Å²) in [5.41, 5.74) is -1.32. The second-order valence-electron chi connectivity index (χ2n) is 16.9. The number of para-hydroxylation sites is 2. The molecule has 2 atom stereocenters. The minimum atomic E-state index is -6.14. The van der Waals surface area contributed by atoms with Gasteiger partial charge in [-0.3, -0.25) is 0 Å². The highest BCUT2D eigenvalue weighted by Gasteiger charge is 2.72. The van der Waals surface area contributed by atoms with Crippen molar-refractivity contribution in [3.8, 4) is 34.1 Å². The number of halogens is 12. The lowest BCUT2D eigenvalue weighted by Crippen LogP contribution is -2.54. The Hall–Kier alpha value is -8.28. The molecule has 0 fully saturated rings. The first-order chi connectivity index (χ1) is 35.6. The van der Waals surface area contributed by atoms with Gasteiger partial charge in [0.15, 0.2) is 0 Å². The van der Waals surface area contributed by atoms with E-state index in [9.17, 15) is 39.5 Å². The first-order valence-electron chi connectivity index (χ1n) is 22.6. The largest absolute Gasteiger partial charge is 0.497 e. The Bertz CT molecular complexity index is 3090. The Balaban J connectivity index is 0.972. The highest BCUT2D eigenvalue weighted by molar-refractivity contribution is 5.81. The molecule has 0 aliphatic heterocycles. The van der Waals surface area contributed by atoms with Gasteiger partial charge in [0.2, 0.25) is 5.41 Å². The van der Waals surface area contributed by atoms with Crippen molar-refractivity contribution in [2.45, 2.75) is 49.4 Å². The SMILES string of the molecule is COc1ccc(N(c2ccccc2)c2ccc(-c3ccc(N(c4ccccc4)c4ccc(OC(F)(F)C(F)Oc5ccc(C(c6ccc(OC(F)C(C)(F)F)cc6)(C(F)(F)F)C(F)(F)F)cc5)cc4)cc3)cc2)cc1. The predicted molar refractivity (Wildman–Crippen MR) is 261 cm³/mol. The Labute approximate surface area is 422 Å². The van der Waals surface area contributed by atoms with E-state index in [0.29, 0.717) is 41.3 Å². The molecule has 2 unspecified atom stereocenters. The summed E-state index contributed by atoms with van der Waals surface area (Å²) < 4.78 is 193. The van der Waals surface area contributed by atoms with E-state index in [1.807, 2.05) is 126 Å². The summed E-state index contributed by atoms with van der Waals surface area (Å²) in [4.78, 5) is 3.95. The van der Waals surface area contributed by atoms with Crippen molar-refractivity contribution in [2.24, 2.45) is 0 Å². The first-order valence-corrected chi connectivity index (χ1v) is 22.6. The third kappa shape index (κ3) is 11.4. The zero-order chi connectivity index (χ0) is 53.8. The molecule has 0 bridgehead atoms. The Kier molecular flexibility index (Phi) is 15.0. The number of hydrogen-bond acceptors (Lipinski definition) is 6. The van der Waals surface area contributed by atoms with Crippen molar-refractivity contribution < 1.29 is 71.6 Å². The molecule has 0 saturated heterocycles. The third-order valence-corrected chi connectivity index (χ3v) is 11.9. The number of alkyl halides is 12. The van der Waals surface area contributed by atoms with E-state index in [4.69, 9.17) is 4.74 Å². The van der Waals surface area contributed by atoms with Crippen LogP contribution in [0.25, 0.3) is 11.1 Å². The highest BCUT2D eigenvalue weighted by Crippen LogP contribution is 2.56. The topological polar surface area (TPSA) is 43.4 Å². The average Bonchev–Trinajstić information content (AvgIpc) is 3.38. The summed E-state index contributed by atoms with van der Waals surface area (Å²) in [5.74, 6) is -5.57. The van der Waals surface area contributed by atoms with Crippen LogP contribution in [0, 0.1) is 0 Å². The number of rotatable bonds is 18. The van der Waals surface area contributed by atoms with Crippen molar-refractivity contribution in [1.29, 1.82) is 0 Å². The Morgan fingerprint density at radius 3 is 1.00 bits per heavy atom. The minimum Gasteiger partial charge on any atom is -0.497 e. The molecule has 388 valence electrons. The number of methoxy groups -OCH3 is 1. The number of nitrogens with zero attached hydrogens (tertiary/aromatic N) is 2. The summed E-state index contributed by atoms with van der Waals surface area (Å²) in [6.45, 7) is 0.142. The third-order valence-electron chi connectivity index (χ3n) is 11.9. The maximum Gasteiger partial charge on any atom is 0.468 e. The summed E-state index contributed by atoms with van der Waals surface area (Å²) in [7, 11) is 1.61. The molecule has 8 rings (SSSR count). The maximum absolute atomic E-state index is 15.3. The molecule has 0 spiro atoms. The van der Waals surface area contributed by atoms with Crippen molar-refractivity contribution in [1.82, 2.24) is 0 Å². The zero-order valence-corrected chi connectivity index (χ0v) is 39.3. The fourth-order valence-corrected chi connectivity index (χ4v) is 8.21. The van der Waals surface area contributed by atoms with Gasteiger partial charge in [0.1, 0.15) is 23.0 Å². The molecule has 6 nitrogen and oxygen atoms in total. The van der Waals surface area contributed by atoms with E-state index < -0.39 is 70.9 Å². The van der Waals surface area contributed by atoms with Gasteiger partial charge in [-0.15, -0.1) is 0 Å². The van der Waals surface area contributed by atoms with E-state index in [2.05, 4.69) is 19.1 Å². The van der Waals surface area contributed by atoms with Crippen molar-refractivity contribution in [2.75, 3.05) is 16.9 Å². The highest BCUT2D eigenvalue weighted by atomic mass is 19.4. The Morgan fingerprint density at radius 1 is 0.360 bits per heavy atom. The fourth-order valence-electron chi connectivity index (χ4n) is 8.21. The van der Waals surface area contributed by atoms with Gasteiger partial charge in [-0.2, -0.15) is 52.7 Å². The molecule has 75 heavy (non-hydrogen) atoms. The van der Waals surface area contributed by atoms with Crippen LogP contribution in [0.2, 0.25) is 0 Å². The van der Waals surface area contributed by atoms with Crippen LogP contribution >= 0.6 is 0 Å². The van der Waals surface area contributed by atoms with Crippen LogP contribution in [0.15, 0.2) is 206 Å². The fraction of sp³-hybridized carbons (Fsp3) is 0.158. The minimum absolute atomic E-state index is 0.142. The quantitative estimate of drug-likeness (QED) is 0.0798. The van der Waals surface area contributed by atoms with E-state index in [1.165, 1.54) is 12.1 Å². The van der Waals surface area contributed by atoms with Crippen LogP contribution in [0.4, 0.5) is 86.8 Å². The molecule has 0 N–H and O–H groups in total. The number of anilines is 6. The molecular weight excluding hydrogens is 1000 g/mol. The van der Waals surface area contributed by atoms with E-state index in [0.717, 1.165) is 46.1 Å². The number of hydrogen-bond donors (Lipinski definition) is 0. The molecule has 8 aromatic rings. The molecule has 0 amide bonds. The molecule has 18 heteroatoms. The van der Waals surface area contributed by atoms with Crippen LogP contribution in [0.1, 0.15) is 18.1 Å². The molecule has 0 aromatic heterocycles. The lowest BCUT2D eigenvalue weighted by atomic mass is 9.73. The van der Waals surface area contributed by atoms with Crippen molar-refractivity contribution in [3.63, 3.8) is 0 Å². The van der Waals surface area contributed by atoms with E-state index in [1.54, 1.807) is 19.2 Å². The smallest absolute Gasteiger partial charge is 0.468 e. The molecule has 0 heterocycles. The van der Waals surface area contributed by atoms with Gasteiger partial charge in [0, 0.05) is 41.0 Å². The van der Waals surface area contributed by atoms with E-state index in [-0.39, 0.29) is 31.2 Å². The Morgan fingerprint density at radius 2 is 0.667 bits per heavy atom. The first kappa shape index (κ1) is 53.0. The molecular formula is C57H42F12N2O4. The van der Waals surface area contributed by atoms with Crippen LogP contribution in [0.5, 0.6) is 23.0 Å². The maximum atomic E-state index is 15.3. The van der Waals surface area contributed by atoms with Gasteiger partial charge in [-0.25, -0.2) is 0 Å². The second-order valence-corrected chi connectivity index (χ2v) is 16.9. The molecule has 0 saturated carbocycles. The van der Waals surface area contributed by atoms with Gasteiger partial charge in [0.25, 0.3) is 0 Å². The van der Waals surface area contributed by atoms with Gasteiger partial charge < -0.3 is 28.7 Å². The summed E-state index contributed by atoms with van der Waals surface area (Å²) in [6, 6.07) is 50.2. The van der Waals surface area contributed by atoms with Gasteiger partial charge in [-0.1, -0.05) is 84.9 Å². The average molecular weight is 1050 g/mol. The number of ether oxygens (including phenoxy) is 4. The van der Waals surface area contributed by atoms with Gasteiger partial charge in [-0.05, 0) is 144 Å². The zero-order valence-electron chi connectivity index (χ0n) is 39.3. The van der Waals surface area contributed by atoms with Gasteiger partial charge in [0.05, 0.1) is 7.11 Å². The summed E-state index contributed by atoms with van der Waals surface area (Å²) >= 11 is 0. The molecule has 8 aromatic carbocycles. The summed E-state index contributed by atoms with van der Waals surface area (Å²) in [5, 5.41) is 0. The van der Waals surface area contributed by atoms with Crippen LogP contribution in [0.3, 0.4) is 0 Å². The lowest BCUT2D eigenvalue weighted by Gasteiger charge is -2.38. The normalized spacial score (nSPS) is 13.1. The molecule has 0 aliphatic carbocycles. The van der Waals surface area contributed by atoms with E-state index >= 15 is 13.2 Å². The van der Waals surface area contributed by atoms with Crippen molar-refractivity contribution >= 4 is 34.1 Å². The van der Waals surface area contributed by atoms with Crippen LogP contribution < -0.4 is 28.7 Å². The summed E-state index contributed by atoms with van der Waals surface area (Å²) in [6.07, 6.45) is -23.9. The van der Waals surface area contributed by atoms with Gasteiger partial charge >= 0.3 is 37.1 Å². The molecule has 0 radical (unpaired) electrons. The second kappa shape index (κ2) is 21.3. The predicted octanol–water partition coefficient (Wildman–Crippen LogP) is 17.4. The lowest BCUT2D eigenvalue weighted by molar-refractivity contribution is -0.288. The van der Waals surface area contributed by atoms with Crippen LogP contribution in [-0.2, 0) is 5.41 Å². The standard InChI is InChI=1S/C57H42F12N2O4/c1-53(60,61)51(58)73-48-29-17-39(18-30-48)54(56(64,65)66,57(67,68)69)40-19-31-49(32-20-40)74-52(59)55(62,63)75-50-35-27-46(28-36-50)71(42-11-7-4-8-12-42)44-23-15-38(16-24-44)37-13-21-43(22-14-37)70(41-9-5-3-6-10-41)45-25-33-47(72-2)34-26-45/h3-36,51-52H,1-2H3. The van der Waals surface area contributed by atoms with Crippen molar-refractivity contribution in [3.05, 3.63) is 217 Å². The van der Waals surface area contributed by atoms with Crippen LogP contribution in [-0.4, -0.2) is 44.2 Å². The molecule has 0 aliphatic rings. The monoisotopic (exact) mass is 1050 g/mol. The number of benzene rings is 8.